The summed E-state index contributed by atoms with van der Waals surface area (Å²) in [6, 6.07) is 18.7. The van der Waals surface area contributed by atoms with Crippen molar-refractivity contribution < 1.29 is 23.9 Å². The quantitative estimate of drug-likeness (QED) is 0.247. The smallest absolute Gasteiger partial charge is 0.435 e. The van der Waals surface area contributed by atoms with Crippen molar-refractivity contribution in [3.63, 3.8) is 0 Å². The van der Waals surface area contributed by atoms with E-state index in [1.54, 1.807) is 18.2 Å². The topological polar surface area (TPSA) is 118 Å². The molecule has 4 heterocycles. The second kappa shape index (κ2) is 14.2. The highest BCUT2D eigenvalue weighted by molar-refractivity contribution is 7.21. The van der Waals surface area contributed by atoms with Crippen molar-refractivity contribution in [1.29, 1.82) is 0 Å². The predicted octanol–water partition coefficient (Wildman–Crippen LogP) is 5.15. The first kappa shape index (κ1) is 30.8. The summed E-state index contributed by atoms with van der Waals surface area (Å²) in [6.07, 6.45) is 2.29. The molecule has 45 heavy (non-hydrogen) atoms. The minimum absolute atomic E-state index is 0.196. The second-order valence-electron chi connectivity index (χ2n) is 11.2. The molecule has 0 aliphatic carbocycles. The molecule has 236 valence electrons. The van der Waals surface area contributed by atoms with E-state index in [0.29, 0.717) is 46.8 Å². The third kappa shape index (κ3) is 7.19. The number of anilines is 2. The molecule has 2 N–H and O–H groups in total. The van der Waals surface area contributed by atoms with Gasteiger partial charge in [0.05, 0.1) is 41.0 Å². The van der Waals surface area contributed by atoms with E-state index in [4.69, 9.17) is 9.47 Å². The minimum atomic E-state index is -0.668. The number of carbonyl (C=O) groups excluding carboxylic acids is 3. The van der Waals surface area contributed by atoms with Crippen LogP contribution >= 0.6 is 11.3 Å². The molecule has 1 atom stereocenters. The monoisotopic (exact) mass is 630 g/mol. The van der Waals surface area contributed by atoms with Gasteiger partial charge in [0, 0.05) is 30.9 Å². The number of likely N-dealkylation sites (tertiary alicyclic amines) is 1. The van der Waals surface area contributed by atoms with Crippen LogP contribution in [0.2, 0.25) is 0 Å². The molecule has 0 saturated carbocycles. The molecule has 0 radical (unpaired) electrons. The molecule has 2 aliphatic heterocycles. The van der Waals surface area contributed by atoms with Crippen LogP contribution in [0.15, 0.2) is 60.7 Å². The van der Waals surface area contributed by atoms with Crippen molar-refractivity contribution in [3.8, 4) is 0 Å². The Labute approximate surface area is 266 Å². The number of hydrogen-bond acceptors (Lipinski definition) is 9. The lowest BCUT2D eigenvalue weighted by Gasteiger charge is -2.28. The van der Waals surface area contributed by atoms with Gasteiger partial charge in [-0.1, -0.05) is 37.3 Å². The van der Waals surface area contributed by atoms with Crippen molar-refractivity contribution in [2.75, 3.05) is 62.8 Å². The number of ether oxygens (including phenoxy) is 2. The van der Waals surface area contributed by atoms with Crippen molar-refractivity contribution in [2.24, 2.45) is 0 Å². The van der Waals surface area contributed by atoms with Gasteiger partial charge in [-0.15, -0.1) is 16.4 Å². The fourth-order valence-electron chi connectivity index (χ4n) is 5.69. The van der Waals surface area contributed by atoms with E-state index in [1.807, 2.05) is 49.4 Å². The van der Waals surface area contributed by atoms with Crippen LogP contribution < -0.4 is 15.5 Å². The summed E-state index contributed by atoms with van der Waals surface area (Å²) in [6.45, 7) is 7.81. The molecule has 2 aliphatic rings. The molecular weight excluding hydrogens is 592 g/mol. The summed E-state index contributed by atoms with van der Waals surface area (Å²) in [4.78, 5) is 44.9. The van der Waals surface area contributed by atoms with Crippen LogP contribution in [0.25, 0.3) is 10.2 Å². The zero-order valence-electron chi connectivity index (χ0n) is 25.4. The van der Waals surface area contributed by atoms with Gasteiger partial charge in [0.25, 0.3) is 11.8 Å². The molecule has 2 saturated heterocycles. The van der Waals surface area contributed by atoms with Gasteiger partial charge < -0.3 is 29.9 Å². The molecule has 2 amide bonds. The fraction of sp³-hybridized carbons (Fsp3) is 0.394. The van der Waals surface area contributed by atoms with Crippen LogP contribution in [0.3, 0.4) is 0 Å². The van der Waals surface area contributed by atoms with Crippen molar-refractivity contribution >= 4 is 51.0 Å². The molecule has 0 spiro atoms. The summed E-state index contributed by atoms with van der Waals surface area (Å²) in [7, 11) is 0. The van der Waals surface area contributed by atoms with Crippen molar-refractivity contribution in [2.45, 2.75) is 32.2 Å². The summed E-state index contributed by atoms with van der Waals surface area (Å²) in [5.41, 5.74) is 2.90. The van der Waals surface area contributed by atoms with Gasteiger partial charge in [-0.2, -0.15) is 4.68 Å². The third-order valence-electron chi connectivity index (χ3n) is 8.07. The van der Waals surface area contributed by atoms with Crippen LogP contribution in [0.5, 0.6) is 0 Å². The number of nitrogens with zero attached hydrogens (tertiary/aromatic N) is 4. The van der Waals surface area contributed by atoms with Gasteiger partial charge in [0.15, 0.2) is 5.82 Å². The number of hydrogen-bond donors (Lipinski definition) is 2. The molecule has 4 aromatic rings. The number of aromatic nitrogens is 2. The van der Waals surface area contributed by atoms with E-state index >= 15 is 0 Å². The number of rotatable bonds is 10. The van der Waals surface area contributed by atoms with Crippen molar-refractivity contribution in [3.05, 3.63) is 76.7 Å². The Bertz CT molecular complexity index is 1620. The number of nitrogens with one attached hydrogen (secondary N) is 2. The van der Waals surface area contributed by atoms with Gasteiger partial charge in [0.1, 0.15) is 0 Å². The maximum atomic E-state index is 13.7. The Morgan fingerprint density at radius 2 is 1.71 bits per heavy atom. The number of amides is 2. The summed E-state index contributed by atoms with van der Waals surface area (Å²) in [5, 5.41) is 10.5. The first-order valence-electron chi connectivity index (χ1n) is 15.5. The normalized spacial score (nSPS) is 16.1. The molecule has 12 heteroatoms. The first-order chi connectivity index (χ1) is 22.0. The molecule has 11 nitrogen and oxygen atoms in total. The zero-order chi connectivity index (χ0) is 31.2. The van der Waals surface area contributed by atoms with E-state index < -0.39 is 6.09 Å². The van der Waals surface area contributed by atoms with Crippen LogP contribution in [-0.2, 0) is 9.47 Å². The summed E-state index contributed by atoms with van der Waals surface area (Å²) < 4.78 is 12.4. The minimum Gasteiger partial charge on any atom is -0.448 e. The Hall–Kier alpha value is -4.26. The van der Waals surface area contributed by atoms with Crippen LogP contribution in [0.4, 0.5) is 16.3 Å². The number of fused-ring (bicyclic) bond motifs is 1. The summed E-state index contributed by atoms with van der Waals surface area (Å²) >= 11 is 1.18. The highest BCUT2D eigenvalue weighted by atomic mass is 32.1. The average Bonchev–Trinajstić information content (AvgIpc) is 3.83. The molecule has 0 bridgehead atoms. The molecule has 6 rings (SSSR count). The Morgan fingerprint density at radius 3 is 2.42 bits per heavy atom. The van der Waals surface area contributed by atoms with Crippen LogP contribution in [0, 0.1) is 0 Å². The molecular formula is C33H38N6O5S. The van der Waals surface area contributed by atoms with E-state index in [2.05, 4.69) is 25.5 Å². The molecule has 0 unspecified atom stereocenters. The predicted molar refractivity (Wildman–Crippen MR) is 174 cm³/mol. The maximum Gasteiger partial charge on any atom is 0.435 e. The van der Waals surface area contributed by atoms with Crippen LogP contribution in [0.1, 0.15) is 57.8 Å². The van der Waals surface area contributed by atoms with E-state index in [1.165, 1.54) is 11.3 Å². The lowest BCUT2D eigenvalue weighted by atomic mass is 10.1. The van der Waals surface area contributed by atoms with Gasteiger partial charge in [-0.25, -0.2) is 4.79 Å². The Morgan fingerprint density at radius 1 is 0.978 bits per heavy atom. The number of thiophene rings is 1. The molecule has 2 aromatic carbocycles. The molecule has 2 aromatic heterocycles. The first-order valence-corrected chi connectivity index (χ1v) is 16.3. The fourth-order valence-corrected chi connectivity index (χ4v) is 6.67. The van der Waals surface area contributed by atoms with E-state index in [9.17, 15) is 14.4 Å². The standard InChI is InChI=1S/C33H38N6O5S/c1-2-18-44-33(42)39-27-21-28(32(41)34-26(22-37-14-6-7-15-37)23-8-4-3-5-9-23)45-29(27)30(36-39)35-31(40)24-10-12-25(13-11-24)38-16-19-43-20-17-38/h3-5,8-13,21,26H,2,6-7,14-20,22H2,1H3,(H,34,41)(H,35,36,40)/t26-/m1/s1. The maximum absolute atomic E-state index is 13.7. The lowest BCUT2D eigenvalue weighted by molar-refractivity contribution is 0.0930. The largest absolute Gasteiger partial charge is 0.448 e. The molecule has 2 fully saturated rings. The highest BCUT2D eigenvalue weighted by Gasteiger charge is 2.26. The van der Waals surface area contributed by atoms with Crippen LogP contribution in [-0.4, -0.2) is 85.1 Å². The van der Waals surface area contributed by atoms with Gasteiger partial charge in [-0.3, -0.25) is 9.59 Å². The SMILES string of the molecule is CCCOC(=O)n1nc(NC(=O)c2ccc(N3CCOCC3)cc2)c2sc(C(=O)N[C@H](CN3CCCC3)c3ccccc3)cc21. The third-order valence-corrected chi connectivity index (χ3v) is 9.20. The van der Waals surface area contributed by atoms with E-state index in [-0.39, 0.29) is 30.3 Å². The van der Waals surface area contributed by atoms with E-state index in [0.717, 1.165) is 55.0 Å². The average molecular weight is 631 g/mol. The highest BCUT2D eigenvalue weighted by Crippen LogP contribution is 2.33. The summed E-state index contributed by atoms with van der Waals surface area (Å²) in [5.74, 6) is -0.429. The van der Waals surface area contributed by atoms with Gasteiger partial charge in [0.2, 0.25) is 0 Å². The Kier molecular flexibility index (Phi) is 9.72. The second-order valence-corrected chi connectivity index (χ2v) is 12.3. The van der Waals surface area contributed by atoms with Crippen molar-refractivity contribution in [1.82, 2.24) is 20.0 Å². The van der Waals surface area contributed by atoms with Gasteiger partial charge in [-0.05, 0) is 68.2 Å². The lowest BCUT2D eigenvalue weighted by Crippen LogP contribution is -2.36. The Balaban J connectivity index is 1.25. The number of benzene rings is 2. The zero-order valence-corrected chi connectivity index (χ0v) is 26.2. The number of carbonyl (C=O) groups is 3. The van der Waals surface area contributed by atoms with Gasteiger partial charge >= 0.3 is 6.09 Å². The number of morpholine rings is 1.